The molecular formula is C15H21NO3. The van der Waals surface area contributed by atoms with Crippen LogP contribution in [0.25, 0.3) is 0 Å². The Balaban J connectivity index is 2.04. The maximum Gasteiger partial charge on any atom is 0.303 e. The van der Waals surface area contributed by atoms with Crippen LogP contribution in [-0.4, -0.2) is 31.3 Å². The molecule has 1 unspecified atom stereocenters. The first-order valence-electron chi connectivity index (χ1n) is 6.71. The molecule has 0 saturated carbocycles. The maximum absolute atomic E-state index is 10.6. The molecule has 1 atom stereocenters. The van der Waals surface area contributed by atoms with Gasteiger partial charge in [0.2, 0.25) is 0 Å². The van der Waals surface area contributed by atoms with Gasteiger partial charge in [-0.2, -0.15) is 0 Å². The van der Waals surface area contributed by atoms with Crippen LogP contribution in [0.15, 0.2) is 18.2 Å². The fourth-order valence-corrected chi connectivity index (χ4v) is 2.66. The molecule has 1 aliphatic rings. The molecule has 1 aromatic rings. The van der Waals surface area contributed by atoms with Crippen molar-refractivity contribution >= 4 is 11.7 Å². The van der Waals surface area contributed by atoms with Gasteiger partial charge in [0.15, 0.2) is 0 Å². The minimum Gasteiger partial charge on any atom is -0.495 e. The van der Waals surface area contributed by atoms with E-state index in [4.69, 9.17) is 9.84 Å². The fourth-order valence-electron chi connectivity index (χ4n) is 2.66. The zero-order valence-electron chi connectivity index (χ0n) is 11.6. The van der Waals surface area contributed by atoms with Crippen LogP contribution in [-0.2, 0) is 4.79 Å². The number of ether oxygens (including phenoxy) is 1. The van der Waals surface area contributed by atoms with Crippen molar-refractivity contribution in [3.05, 3.63) is 23.8 Å². The molecule has 0 bridgehead atoms. The van der Waals surface area contributed by atoms with Crippen molar-refractivity contribution in [3.63, 3.8) is 0 Å². The number of rotatable bonds is 5. The van der Waals surface area contributed by atoms with E-state index in [2.05, 4.69) is 17.9 Å². The van der Waals surface area contributed by atoms with E-state index in [9.17, 15) is 4.79 Å². The molecule has 0 spiro atoms. The van der Waals surface area contributed by atoms with E-state index in [-0.39, 0.29) is 6.42 Å². The Morgan fingerprint density at radius 1 is 1.53 bits per heavy atom. The second-order valence-electron chi connectivity index (χ2n) is 5.21. The van der Waals surface area contributed by atoms with Gasteiger partial charge in [-0.3, -0.25) is 4.79 Å². The van der Waals surface area contributed by atoms with Crippen LogP contribution in [0.4, 0.5) is 5.69 Å². The summed E-state index contributed by atoms with van der Waals surface area (Å²) < 4.78 is 5.41. The van der Waals surface area contributed by atoms with Crippen LogP contribution in [0.2, 0.25) is 0 Å². The van der Waals surface area contributed by atoms with Gasteiger partial charge in [-0.05, 0) is 43.4 Å². The van der Waals surface area contributed by atoms with Gasteiger partial charge < -0.3 is 14.7 Å². The van der Waals surface area contributed by atoms with Crippen molar-refractivity contribution in [2.24, 2.45) is 5.92 Å². The second-order valence-corrected chi connectivity index (χ2v) is 5.21. The monoisotopic (exact) mass is 263 g/mol. The van der Waals surface area contributed by atoms with Crippen molar-refractivity contribution < 1.29 is 14.6 Å². The van der Waals surface area contributed by atoms with Gasteiger partial charge in [0.1, 0.15) is 5.75 Å². The molecule has 2 rings (SSSR count). The third-order valence-electron chi connectivity index (χ3n) is 3.73. The summed E-state index contributed by atoms with van der Waals surface area (Å²) in [5.74, 6) is 0.664. The van der Waals surface area contributed by atoms with Crippen molar-refractivity contribution in [1.82, 2.24) is 0 Å². The Bertz CT molecular complexity index is 459. The first-order chi connectivity index (χ1) is 9.10. The number of hydrogen-bond acceptors (Lipinski definition) is 3. The van der Waals surface area contributed by atoms with E-state index < -0.39 is 5.97 Å². The molecule has 1 heterocycles. The predicted octanol–water partition coefficient (Wildman–Crippen LogP) is 2.69. The van der Waals surface area contributed by atoms with Crippen LogP contribution >= 0.6 is 0 Å². The van der Waals surface area contributed by atoms with Crippen molar-refractivity contribution in [2.75, 3.05) is 25.1 Å². The molecule has 1 aromatic carbocycles. The molecule has 0 radical (unpaired) electrons. The molecule has 0 amide bonds. The van der Waals surface area contributed by atoms with Crippen molar-refractivity contribution in [3.8, 4) is 5.75 Å². The number of benzene rings is 1. The van der Waals surface area contributed by atoms with Crippen LogP contribution in [0.5, 0.6) is 5.75 Å². The van der Waals surface area contributed by atoms with Gasteiger partial charge in [0, 0.05) is 19.5 Å². The van der Waals surface area contributed by atoms with Gasteiger partial charge >= 0.3 is 5.97 Å². The molecule has 4 nitrogen and oxygen atoms in total. The molecule has 104 valence electrons. The van der Waals surface area contributed by atoms with E-state index in [0.717, 1.165) is 37.4 Å². The third kappa shape index (κ3) is 3.40. The quantitative estimate of drug-likeness (QED) is 0.887. The van der Waals surface area contributed by atoms with Gasteiger partial charge in [0.05, 0.1) is 12.8 Å². The first kappa shape index (κ1) is 13.7. The summed E-state index contributed by atoms with van der Waals surface area (Å²) in [6, 6.07) is 6.17. The SMILES string of the molecule is COc1ccc(C)cc1N1CCC(CCC(=O)O)C1. The summed E-state index contributed by atoms with van der Waals surface area (Å²) in [6.45, 7) is 3.97. The number of hydrogen-bond donors (Lipinski definition) is 1. The zero-order valence-corrected chi connectivity index (χ0v) is 11.6. The zero-order chi connectivity index (χ0) is 13.8. The number of carboxylic acid groups (broad SMARTS) is 1. The predicted molar refractivity (Wildman–Crippen MR) is 74.9 cm³/mol. The molecule has 0 aromatic heterocycles. The van der Waals surface area contributed by atoms with E-state index in [1.54, 1.807) is 7.11 Å². The summed E-state index contributed by atoms with van der Waals surface area (Å²) in [5.41, 5.74) is 2.34. The smallest absolute Gasteiger partial charge is 0.303 e. The highest BCUT2D eigenvalue weighted by Gasteiger charge is 2.25. The Kier molecular flexibility index (Phi) is 4.30. The molecule has 19 heavy (non-hydrogen) atoms. The minimum absolute atomic E-state index is 0.267. The number of anilines is 1. The fraction of sp³-hybridized carbons (Fsp3) is 0.533. The molecule has 0 aliphatic carbocycles. The lowest BCUT2D eigenvalue weighted by atomic mass is 10.0. The molecule has 1 fully saturated rings. The average molecular weight is 263 g/mol. The first-order valence-corrected chi connectivity index (χ1v) is 6.71. The van der Waals surface area contributed by atoms with Crippen LogP contribution in [0.1, 0.15) is 24.8 Å². The van der Waals surface area contributed by atoms with Crippen molar-refractivity contribution in [1.29, 1.82) is 0 Å². The van der Waals surface area contributed by atoms with E-state index in [1.807, 2.05) is 12.1 Å². The Hall–Kier alpha value is -1.71. The number of carbonyl (C=O) groups is 1. The van der Waals surface area contributed by atoms with E-state index in [1.165, 1.54) is 5.56 Å². The van der Waals surface area contributed by atoms with E-state index in [0.29, 0.717) is 5.92 Å². The molecule has 1 aliphatic heterocycles. The maximum atomic E-state index is 10.6. The van der Waals surface area contributed by atoms with Crippen LogP contribution in [0.3, 0.4) is 0 Å². The highest BCUT2D eigenvalue weighted by atomic mass is 16.5. The number of methoxy groups -OCH3 is 1. The average Bonchev–Trinajstić information content (AvgIpc) is 2.85. The van der Waals surface area contributed by atoms with Gasteiger partial charge in [-0.25, -0.2) is 0 Å². The van der Waals surface area contributed by atoms with Crippen LogP contribution < -0.4 is 9.64 Å². The van der Waals surface area contributed by atoms with Gasteiger partial charge in [-0.15, -0.1) is 0 Å². The summed E-state index contributed by atoms with van der Waals surface area (Å²) in [6.07, 6.45) is 2.09. The number of aryl methyl sites for hydroxylation is 1. The summed E-state index contributed by atoms with van der Waals surface area (Å²) in [7, 11) is 1.69. The Morgan fingerprint density at radius 3 is 3.00 bits per heavy atom. The lowest BCUT2D eigenvalue weighted by Gasteiger charge is -2.21. The van der Waals surface area contributed by atoms with Gasteiger partial charge in [-0.1, -0.05) is 6.07 Å². The highest BCUT2D eigenvalue weighted by molar-refractivity contribution is 5.66. The topological polar surface area (TPSA) is 49.8 Å². The minimum atomic E-state index is -0.702. The van der Waals surface area contributed by atoms with Crippen molar-refractivity contribution in [2.45, 2.75) is 26.2 Å². The Labute approximate surface area is 114 Å². The highest BCUT2D eigenvalue weighted by Crippen LogP contribution is 2.34. The number of aliphatic carboxylic acids is 1. The van der Waals surface area contributed by atoms with Gasteiger partial charge in [0.25, 0.3) is 0 Å². The largest absolute Gasteiger partial charge is 0.495 e. The summed E-state index contributed by atoms with van der Waals surface area (Å²) in [5, 5.41) is 8.74. The van der Waals surface area contributed by atoms with E-state index >= 15 is 0 Å². The molecule has 1 saturated heterocycles. The number of carboxylic acids is 1. The number of nitrogens with zero attached hydrogens (tertiary/aromatic N) is 1. The standard InChI is InChI=1S/C15H21NO3/c1-11-3-5-14(19-2)13(9-11)16-8-7-12(10-16)4-6-15(17)18/h3,5,9,12H,4,6-8,10H2,1-2H3,(H,17,18). The molecular weight excluding hydrogens is 242 g/mol. The lowest BCUT2D eigenvalue weighted by Crippen LogP contribution is -2.20. The lowest BCUT2D eigenvalue weighted by molar-refractivity contribution is -0.137. The summed E-state index contributed by atoms with van der Waals surface area (Å²) >= 11 is 0. The third-order valence-corrected chi connectivity index (χ3v) is 3.73. The normalized spacial score (nSPS) is 18.6. The molecule has 1 N–H and O–H groups in total. The summed E-state index contributed by atoms with van der Waals surface area (Å²) in [4.78, 5) is 12.9. The molecule has 4 heteroatoms. The Morgan fingerprint density at radius 2 is 2.32 bits per heavy atom. The van der Waals surface area contributed by atoms with Crippen LogP contribution in [0, 0.1) is 12.8 Å². The second kappa shape index (κ2) is 5.95.